The summed E-state index contributed by atoms with van der Waals surface area (Å²) < 4.78 is 4.25. The van der Waals surface area contributed by atoms with E-state index in [0.29, 0.717) is 19.7 Å². The lowest BCUT2D eigenvalue weighted by molar-refractivity contribution is -0.107. The third-order valence-corrected chi connectivity index (χ3v) is 3.81. The summed E-state index contributed by atoms with van der Waals surface area (Å²) in [7, 11) is 3.25. The fourth-order valence-electron chi connectivity index (χ4n) is 2.21. The molecule has 2 aliphatic heterocycles. The van der Waals surface area contributed by atoms with Crippen LogP contribution in [0.25, 0.3) is 5.57 Å². The molecule has 2 bridgehead atoms. The van der Waals surface area contributed by atoms with Crippen molar-refractivity contribution in [3.8, 4) is 0 Å². The van der Waals surface area contributed by atoms with E-state index in [1.807, 2.05) is 5.38 Å². The summed E-state index contributed by atoms with van der Waals surface area (Å²) in [5.41, 5.74) is 1.10. The molecule has 0 aromatic carbocycles. The monoisotopic (exact) mass is 309 g/mol. The molecule has 6 nitrogen and oxygen atoms in total. The van der Waals surface area contributed by atoms with Gasteiger partial charge in [0.2, 0.25) is 0 Å². The zero-order valence-corrected chi connectivity index (χ0v) is 13.0. The van der Waals surface area contributed by atoms with E-state index in [-0.39, 0.29) is 12.1 Å². The van der Waals surface area contributed by atoms with Crippen LogP contribution in [0.1, 0.15) is 5.01 Å². The molecule has 1 saturated heterocycles. The molecule has 0 N–H and O–H groups in total. The molecule has 0 unspecified atom stereocenters. The summed E-state index contributed by atoms with van der Waals surface area (Å²) in [6.07, 6.45) is 5.49. The summed E-state index contributed by atoms with van der Waals surface area (Å²) in [6.45, 7) is 5.22. The number of fused-ring (bicyclic) bond motifs is 2. The number of nitrogens with zero attached hydrogens (tertiary/aromatic N) is 3. The SMILES string of the molecule is C=CCON1C(=O)N2CC(c3nccs3)=C[C@@H]1C2.COC. The number of carbonyl (C=O) groups is 1. The first-order chi connectivity index (χ1) is 10.2. The minimum Gasteiger partial charge on any atom is -0.388 e. The molecule has 0 saturated carbocycles. The van der Waals surface area contributed by atoms with Gasteiger partial charge in [-0.15, -0.1) is 17.9 Å². The first-order valence-electron chi connectivity index (χ1n) is 6.54. The van der Waals surface area contributed by atoms with Crippen molar-refractivity contribution in [1.29, 1.82) is 0 Å². The van der Waals surface area contributed by atoms with Crippen molar-refractivity contribution < 1.29 is 14.4 Å². The molecule has 2 amide bonds. The van der Waals surface area contributed by atoms with E-state index >= 15 is 0 Å². The van der Waals surface area contributed by atoms with Crippen LogP contribution in [-0.4, -0.2) is 60.9 Å². The van der Waals surface area contributed by atoms with Gasteiger partial charge in [-0.25, -0.2) is 9.78 Å². The number of methoxy groups -OCH3 is 1. The fourth-order valence-corrected chi connectivity index (χ4v) is 2.86. The Labute approximate surface area is 128 Å². The summed E-state index contributed by atoms with van der Waals surface area (Å²) in [5, 5.41) is 4.35. The summed E-state index contributed by atoms with van der Waals surface area (Å²) in [6, 6.07) is -0.102. The van der Waals surface area contributed by atoms with E-state index in [0.717, 1.165) is 10.6 Å². The average molecular weight is 309 g/mol. The zero-order valence-electron chi connectivity index (χ0n) is 12.2. The molecule has 7 heteroatoms. The van der Waals surface area contributed by atoms with E-state index in [1.54, 1.807) is 42.7 Å². The Morgan fingerprint density at radius 3 is 2.95 bits per heavy atom. The van der Waals surface area contributed by atoms with Gasteiger partial charge < -0.3 is 9.64 Å². The van der Waals surface area contributed by atoms with Crippen molar-refractivity contribution in [3.05, 3.63) is 35.3 Å². The van der Waals surface area contributed by atoms with Gasteiger partial charge in [-0.05, 0) is 6.08 Å². The minimum atomic E-state index is -0.0790. The molecule has 0 radical (unpaired) electrons. The number of carbonyl (C=O) groups excluding carboxylic acids is 1. The smallest absolute Gasteiger partial charge is 0.344 e. The average Bonchev–Trinajstić information content (AvgIpc) is 3.08. The lowest BCUT2D eigenvalue weighted by Gasteiger charge is -2.20. The van der Waals surface area contributed by atoms with Gasteiger partial charge in [0.05, 0.1) is 19.2 Å². The molecule has 114 valence electrons. The van der Waals surface area contributed by atoms with Gasteiger partial charge in [0.25, 0.3) is 0 Å². The van der Waals surface area contributed by atoms with Crippen LogP contribution in [0, 0.1) is 0 Å². The highest BCUT2D eigenvalue weighted by molar-refractivity contribution is 7.10. The van der Waals surface area contributed by atoms with Crippen molar-refractivity contribution in [2.75, 3.05) is 33.9 Å². The van der Waals surface area contributed by atoms with Crippen molar-refractivity contribution in [2.45, 2.75) is 6.04 Å². The quantitative estimate of drug-likeness (QED) is 0.799. The summed E-state index contributed by atoms with van der Waals surface area (Å²) in [5.74, 6) is 0. The lowest BCUT2D eigenvalue weighted by Crippen LogP contribution is -2.33. The number of amides is 2. The number of thiazole rings is 1. The van der Waals surface area contributed by atoms with Crippen molar-refractivity contribution in [2.24, 2.45) is 0 Å². The number of urea groups is 1. The molecule has 3 heterocycles. The molecule has 0 aliphatic carbocycles. The van der Waals surface area contributed by atoms with Crippen LogP contribution in [0.3, 0.4) is 0 Å². The maximum absolute atomic E-state index is 12.1. The minimum absolute atomic E-state index is 0.0231. The number of hydroxylamine groups is 2. The fraction of sp³-hybridized carbons (Fsp3) is 0.429. The van der Waals surface area contributed by atoms with Gasteiger partial charge in [-0.3, -0.25) is 4.84 Å². The normalized spacial score (nSPS) is 20.0. The Kier molecular flexibility index (Phi) is 5.49. The maximum atomic E-state index is 12.1. The van der Waals surface area contributed by atoms with Gasteiger partial charge in [-0.1, -0.05) is 6.08 Å². The molecule has 1 fully saturated rings. The molecule has 3 rings (SSSR count). The Morgan fingerprint density at radius 1 is 1.57 bits per heavy atom. The predicted molar refractivity (Wildman–Crippen MR) is 81.8 cm³/mol. The second-order valence-electron chi connectivity index (χ2n) is 4.58. The molecular weight excluding hydrogens is 290 g/mol. The van der Waals surface area contributed by atoms with Crippen LogP contribution in [0.5, 0.6) is 0 Å². The van der Waals surface area contributed by atoms with E-state index < -0.39 is 0 Å². The number of ether oxygens (including phenoxy) is 1. The van der Waals surface area contributed by atoms with Crippen LogP contribution in [0.2, 0.25) is 0 Å². The highest BCUT2D eigenvalue weighted by Gasteiger charge is 2.41. The van der Waals surface area contributed by atoms with Crippen LogP contribution in [0.4, 0.5) is 4.79 Å². The van der Waals surface area contributed by atoms with Crippen LogP contribution < -0.4 is 0 Å². The van der Waals surface area contributed by atoms with Gasteiger partial charge in [0, 0.05) is 37.9 Å². The zero-order chi connectivity index (χ0) is 15.2. The van der Waals surface area contributed by atoms with Crippen molar-refractivity contribution >= 4 is 22.9 Å². The standard InChI is InChI=1S/C12H13N3O2S.C2H6O/c1-2-4-17-15-10-6-9(11-13-3-5-18-11)7-14(8-10)12(15)16;1-3-2/h2-3,5-6,10H,1,4,7-8H2;1-2H3/t10-;/m1./s1. The van der Waals surface area contributed by atoms with Crippen LogP contribution in [0.15, 0.2) is 30.3 Å². The number of aromatic nitrogens is 1. The number of hydrogen-bond acceptors (Lipinski definition) is 5. The topological polar surface area (TPSA) is 54.9 Å². The first-order valence-corrected chi connectivity index (χ1v) is 7.41. The molecular formula is C14H19N3O3S. The van der Waals surface area contributed by atoms with Gasteiger partial charge in [0.1, 0.15) is 5.01 Å². The van der Waals surface area contributed by atoms with Crippen LogP contribution >= 0.6 is 11.3 Å². The third-order valence-electron chi connectivity index (χ3n) is 2.96. The highest BCUT2D eigenvalue weighted by Crippen LogP contribution is 2.30. The Balaban J connectivity index is 0.000000497. The molecule has 2 aliphatic rings. The van der Waals surface area contributed by atoms with E-state index in [9.17, 15) is 4.79 Å². The Bertz CT molecular complexity index is 516. The molecule has 1 aromatic rings. The Hall–Kier alpha value is -1.70. The van der Waals surface area contributed by atoms with E-state index in [1.165, 1.54) is 5.06 Å². The second-order valence-corrected chi connectivity index (χ2v) is 5.47. The van der Waals surface area contributed by atoms with Gasteiger partial charge >= 0.3 is 6.03 Å². The summed E-state index contributed by atoms with van der Waals surface area (Å²) >= 11 is 1.59. The molecule has 1 aromatic heterocycles. The van der Waals surface area contributed by atoms with Gasteiger partial charge in [0.15, 0.2) is 0 Å². The highest BCUT2D eigenvalue weighted by atomic mass is 32.1. The van der Waals surface area contributed by atoms with E-state index in [2.05, 4.69) is 22.4 Å². The number of hydrogen-bond donors (Lipinski definition) is 0. The van der Waals surface area contributed by atoms with Crippen molar-refractivity contribution in [1.82, 2.24) is 14.9 Å². The third kappa shape index (κ3) is 3.49. The van der Waals surface area contributed by atoms with E-state index in [4.69, 9.17) is 4.84 Å². The lowest BCUT2D eigenvalue weighted by atomic mass is 10.1. The summed E-state index contributed by atoms with van der Waals surface area (Å²) in [4.78, 5) is 23.5. The predicted octanol–water partition coefficient (Wildman–Crippen LogP) is 2.03. The van der Waals surface area contributed by atoms with Crippen LogP contribution in [-0.2, 0) is 9.57 Å². The van der Waals surface area contributed by atoms with Crippen molar-refractivity contribution in [3.63, 3.8) is 0 Å². The molecule has 0 spiro atoms. The van der Waals surface area contributed by atoms with Gasteiger partial charge in [-0.2, -0.15) is 5.06 Å². The number of rotatable bonds is 4. The second kappa shape index (κ2) is 7.35. The molecule has 1 atom stereocenters. The largest absolute Gasteiger partial charge is 0.388 e. The maximum Gasteiger partial charge on any atom is 0.344 e. The first kappa shape index (κ1) is 15.7. The Morgan fingerprint density at radius 2 is 2.33 bits per heavy atom. The molecule has 21 heavy (non-hydrogen) atoms.